The molecule has 138 valence electrons. The number of nitrogens with zero attached hydrogens (tertiary/aromatic N) is 3. The number of aromatic nitrogens is 3. The largest absolute Gasteiger partial charge is 0.457 e. The Morgan fingerprint density at radius 2 is 1.64 bits per heavy atom. The predicted molar refractivity (Wildman–Crippen MR) is 109 cm³/mol. The van der Waals surface area contributed by atoms with Crippen molar-refractivity contribution >= 4 is 0 Å². The van der Waals surface area contributed by atoms with Crippen LogP contribution in [0.4, 0.5) is 0 Å². The van der Waals surface area contributed by atoms with E-state index in [0.29, 0.717) is 11.4 Å². The van der Waals surface area contributed by atoms with Gasteiger partial charge in [-0.25, -0.2) is 4.68 Å². The molecule has 0 fully saturated rings. The van der Waals surface area contributed by atoms with Crippen molar-refractivity contribution in [1.29, 1.82) is 0 Å². The van der Waals surface area contributed by atoms with E-state index in [1.165, 1.54) is 4.68 Å². The Hall–Kier alpha value is -3.73. The lowest BCUT2D eigenvalue weighted by Gasteiger charge is -2.15. The maximum Gasteiger partial charge on any atom is 0.267 e. The second-order valence-electron chi connectivity index (χ2n) is 6.47. The van der Waals surface area contributed by atoms with Gasteiger partial charge < -0.3 is 4.74 Å². The Balaban J connectivity index is 1.92. The summed E-state index contributed by atoms with van der Waals surface area (Å²) in [6, 6.07) is 20.8. The molecule has 2 aromatic heterocycles. The molecule has 2 heterocycles. The van der Waals surface area contributed by atoms with E-state index >= 15 is 0 Å². The van der Waals surface area contributed by atoms with Crippen molar-refractivity contribution in [1.82, 2.24) is 14.8 Å². The fourth-order valence-electron chi connectivity index (χ4n) is 3.06. The summed E-state index contributed by atoms with van der Waals surface area (Å²) in [7, 11) is 1.65. The normalized spacial score (nSPS) is 10.6. The summed E-state index contributed by atoms with van der Waals surface area (Å²) in [5.41, 5.74) is 3.93. The Morgan fingerprint density at radius 3 is 2.43 bits per heavy atom. The van der Waals surface area contributed by atoms with Crippen LogP contribution in [0.2, 0.25) is 0 Å². The van der Waals surface area contributed by atoms with Crippen molar-refractivity contribution < 1.29 is 4.74 Å². The zero-order valence-electron chi connectivity index (χ0n) is 15.7. The molecule has 0 N–H and O–H groups in total. The van der Waals surface area contributed by atoms with E-state index in [9.17, 15) is 4.79 Å². The number of rotatable bonds is 4. The van der Waals surface area contributed by atoms with Gasteiger partial charge in [0.2, 0.25) is 0 Å². The molecule has 5 nitrogen and oxygen atoms in total. The summed E-state index contributed by atoms with van der Waals surface area (Å²) >= 11 is 0. The molecule has 0 saturated carbocycles. The molecule has 4 rings (SSSR count). The molecule has 0 aliphatic carbocycles. The van der Waals surface area contributed by atoms with Crippen LogP contribution in [0, 0.1) is 6.92 Å². The molecule has 0 spiro atoms. The summed E-state index contributed by atoms with van der Waals surface area (Å²) in [5.74, 6) is 1.40. The number of aryl methyl sites for hydroxylation is 2. The Labute approximate surface area is 162 Å². The van der Waals surface area contributed by atoms with Gasteiger partial charge in [-0.2, -0.15) is 5.10 Å². The summed E-state index contributed by atoms with van der Waals surface area (Å²) in [6.07, 6.45) is 3.50. The van der Waals surface area contributed by atoms with Crippen LogP contribution in [0.15, 0.2) is 83.9 Å². The zero-order valence-corrected chi connectivity index (χ0v) is 15.7. The van der Waals surface area contributed by atoms with Crippen LogP contribution in [-0.2, 0) is 7.05 Å². The van der Waals surface area contributed by atoms with Crippen molar-refractivity contribution in [3.05, 3.63) is 95.0 Å². The summed E-state index contributed by atoms with van der Waals surface area (Å²) in [5, 5.41) is 4.56. The number of benzene rings is 2. The average molecular weight is 369 g/mol. The number of hydrogen-bond acceptors (Lipinski definition) is 4. The lowest BCUT2D eigenvalue weighted by Crippen LogP contribution is -2.20. The molecule has 4 aromatic rings. The van der Waals surface area contributed by atoms with Crippen molar-refractivity contribution in [2.75, 3.05) is 0 Å². The Kier molecular flexibility index (Phi) is 4.72. The van der Waals surface area contributed by atoms with Crippen molar-refractivity contribution in [3.63, 3.8) is 0 Å². The highest BCUT2D eigenvalue weighted by molar-refractivity contribution is 5.84. The first-order valence-electron chi connectivity index (χ1n) is 8.95. The molecular formula is C23H19N3O2. The van der Waals surface area contributed by atoms with Crippen molar-refractivity contribution in [2.24, 2.45) is 7.05 Å². The third-order valence-corrected chi connectivity index (χ3v) is 4.53. The molecule has 0 aliphatic rings. The van der Waals surface area contributed by atoms with Gasteiger partial charge in [-0.3, -0.25) is 9.78 Å². The molecule has 0 amide bonds. The molecule has 28 heavy (non-hydrogen) atoms. The quantitative estimate of drug-likeness (QED) is 0.527. The minimum Gasteiger partial charge on any atom is -0.457 e. The smallest absolute Gasteiger partial charge is 0.267 e. The molecular weight excluding hydrogens is 350 g/mol. The lowest BCUT2D eigenvalue weighted by atomic mass is 9.98. The maximum absolute atomic E-state index is 12.3. The van der Waals surface area contributed by atoms with Crippen molar-refractivity contribution in [2.45, 2.75) is 6.92 Å². The molecule has 0 radical (unpaired) electrons. The fourth-order valence-corrected chi connectivity index (χ4v) is 3.06. The first-order valence-corrected chi connectivity index (χ1v) is 8.95. The second-order valence-corrected chi connectivity index (χ2v) is 6.47. The monoisotopic (exact) mass is 369 g/mol. The first-order chi connectivity index (χ1) is 13.6. The van der Waals surface area contributed by atoms with Crippen LogP contribution in [0.3, 0.4) is 0 Å². The average Bonchev–Trinajstić information content (AvgIpc) is 2.72. The van der Waals surface area contributed by atoms with Crippen molar-refractivity contribution in [3.8, 4) is 33.9 Å². The van der Waals surface area contributed by atoms with E-state index < -0.39 is 0 Å². The molecule has 0 saturated heterocycles. The minimum absolute atomic E-state index is 0.177. The standard InChI is InChI=1S/C23H19N3O2/c1-16-12-13-24-15-20(16)19-14-22(27)26(2)25-23(19)18-10-6-7-11-21(18)28-17-8-4-3-5-9-17/h3-15H,1-2H3. The SMILES string of the molecule is Cc1ccncc1-c1cc(=O)n(C)nc1-c1ccccc1Oc1ccccc1. The number of hydrogen-bond donors (Lipinski definition) is 0. The summed E-state index contributed by atoms with van der Waals surface area (Å²) in [4.78, 5) is 16.6. The first kappa shape index (κ1) is 17.7. The van der Waals surface area contributed by atoms with Crippen LogP contribution in [0.25, 0.3) is 22.4 Å². The third-order valence-electron chi connectivity index (χ3n) is 4.53. The maximum atomic E-state index is 12.3. The van der Waals surface area contributed by atoms with Crippen LogP contribution >= 0.6 is 0 Å². The summed E-state index contributed by atoms with van der Waals surface area (Å²) < 4.78 is 7.45. The van der Waals surface area contributed by atoms with Gasteiger partial charge in [0.25, 0.3) is 5.56 Å². The highest BCUT2D eigenvalue weighted by atomic mass is 16.5. The molecule has 0 aliphatic heterocycles. The highest BCUT2D eigenvalue weighted by Gasteiger charge is 2.17. The second kappa shape index (κ2) is 7.48. The zero-order chi connectivity index (χ0) is 19.5. The lowest BCUT2D eigenvalue weighted by molar-refractivity contribution is 0.484. The van der Waals surface area contributed by atoms with Gasteiger partial charge in [0.05, 0.1) is 0 Å². The minimum atomic E-state index is -0.177. The van der Waals surface area contributed by atoms with Gasteiger partial charge in [-0.1, -0.05) is 30.3 Å². The molecule has 0 atom stereocenters. The molecule has 5 heteroatoms. The molecule has 0 unspecified atom stereocenters. The third kappa shape index (κ3) is 3.42. The number of ether oxygens (including phenoxy) is 1. The highest BCUT2D eigenvalue weighted by Crippen LogP contribution is 2.37. The van der Waals surface area contributed by atoms with Gasteiger partial charge in [-0.15, -0.1) is 0 Å². The van der Waals surface area contributed by atoms with Crippen LogP contribution in [0.5, 0.6) is 11.5 Å². The fraction of sp³-hybridized carbons (Fsp3) is 0.0870. The van der Waals surface area contributed by atoms with Gasteiger partial charge in [0.15, 0.2) is 0 Å². The van der Waals surface area contributed by atoms with Gasteiger partial charge >= 0.3 is 0 Å². The van der Waals surface area contributed by atoms with Crippen LogP contribution in [0.1, 0.15) is 5.56 Å². The Morgan fingerprint density at radius 1 is 0.893 bits per heavy atom. The van der Waals surface area contributed by atoms with E-state index in [2.05, 4.69) is 10.1 Å². The van der Waals surface area contributed by atoms with E-state index in [0.717, 1.165) is 28.0 Å². The topological polar surface area (TPSA) is 57.0 Å². The van der Waals surface area contributed by atoms with E-state index in [1.54, 1.807) is 25.5 Å². The van der Waals surface area contributed by atoms with E-state index in [-0.39, 0.29) is 5.56 Å². The summed E-state index contributed by atoms with van der Waals surface area (Å²) in [6.45, 7) is 1.99. The van der Waals surface area contributed by atoms with Crippen LogP contribution < -0.4 is 10.3 Å². The number of para-hydroxylation sites is 2. The van der Waals surface area contributed by atoms with Gasteiger partial charge in [0.1, 0.15) is 17.2 Å². The molecule has 2 aromatic carbocycles. The predicted octanol–water partition coefficient (Wildman–Crippen LogP) is 4.61. The van der Waals surface area contributed by atoms with Gasteiger partial charge in [-0.05, 0) is 42.8 Å². The Bertz CT molecular complexity index is 1180. The van der Waals surface area contributed by atoms with Crippen LogP contribution in [-0.4, -0.2) is 14.8 Å². The number of pyridine rings is 1. The van der Waals surface area contributed by atoms with Gasteiger partial charge in [0, 0.05) is 42.2 Å². The van der Waals surface area contributed by atoms with E-state index in [4.69, 9.17) is 4.74 Å². The molecule has 0 bridgehead atoms. The van der Waals surface area contributed by atoms with E-state index in [1.807, 2.05) is 67.6 Å².